The zero-order valence-corrected chi connectivity index (χ0v) is 12.6. The molecule has 148 valence electrons. The molecule has 0 aliphatic rings. The van der Waals surface area contributed by atoms with Gasteiger partial charge in [0.05, 0.1) is 0 Å². The van der Waals surface area contributed by atoms with E-state index in [1.807, 2.05) is 0 Å². The average molecular weight is 401 g/mol. The average Bonchev–Trinajstić information content (AvgIpc) is 2.37. The van der Waals surface area contributed by atoms with Gasteiger partial charge in [0.25, 0.3) is 11.5 Å². The van der Waals surface area contributed by atoms with Crippen LogP contribution in [0.5, 0.6) is 0 Å². The van der Waals surface area contributed by atoms with Crippen molar-refractivity contribution in [3.05, 3.63) is 26.9 Å². The first-order valence-corrected chi connectivity index (χ1v) is 6.18. The Morgan fingerprint density at radius 1 is 0.846 bits per heavy atom. The van der Waals surface area contributed by atoms with Crippen LogP contribution in [0, 0.1) is 5.41 Å². The summed E-state index contributed by atoms with van der Waals surface area (Å²) in [5.74, 6) is -4.85. The third-order valence-corrected chi connectivity index (χ3v) is 3.38. The van der Waals surface area contributed by atoms with Crippen LogP contribution in [0.15, 0.2) is 15.7 Å². The summed E-state index contributed by atoms with van der Waals surface area (Å²) < 4.78 is 116. The number of amides is 1. The number of anilines is 1. The number of nitrogens with zero attached hydrogens (tertiary/aromatic N) is 2. The molecule has 0 aliphatic heterocycles. The van der Waals surface area contributed by atoms with Gasteiger partial charge in [0, 0.05) is 20.2 Å². The molecule has 0 fully saturated rings. The molecule has 0 aromatic carbocycles. The normalized spacial score (nSPS) is 13.7. The molecule has 0 unspecified atom stereocenters. The van der Waals surface area contributed by atoms with Crippen molar-refractivity contribution in [2.75, 3.05) is 5.32 Å². The summed E-state index contributed by atoms with van der Waals surface area (Å²) in [5, 5.41) is 0.730. The summed E-state index contributed by atoms with van der Waals surface area (Å²) in [7, 11) is 1.58. The summed E-state index contributed by atoms with van der Waals surface area (Å²) in [6, 6.07) is 0.188. The zero-order chi connectivity index (χ0) is 20.9. The standard InChI is InChI=1S/C11H8F9N3O3/c1-22-4(3-5(24)23(2)7(22)26)21-6(25)8(9(12,13)14,10(15,16)17)11(18,19)20/h3H,1-2H3,(H,21,25). The largest absolute Gasteiger partial charge is 0.421 e. The van der Waals surface area contributed by atoms with E-state index in [4.69, 9.17) is 0 Å². The van der Waals surface area contributed by atoms with Crippen LogP contribution in [0.25, 0.3) is 0 Å². The molecule has 1 heterocycles. The van der Waals surface area contributed by atoms with Crippen LogP contribution < -0.4 is 16.6 Å². The van der Waals surface area contributed by atoms with E-state index < -0.39 is 46.9 Å². The van der Waals surface area contributed by atoms with Crippen molar-refractivity contribution < 1.29 is 44.3 Å². The lowest BCUT2D eigenvalue weighted by Crippen LogP contribution is -2.66. The minimum Gasteiger partial charge on any atom is -0.310 e. The molecule has 0 bridgehead atoms. The molecular formula is C11H8F9N3O3. The van der Waals surface area contributed by atoms with Gasteiger partial charge in [-0.2, -0.15) is 39.5 Å². The topological polar surface area (TPSA) is 73.1 Å². The molecule has 6 nitrogen and oxygen atoms in total. The van der Waals surface area contributed by atoms with E-state index in [1.54, 1.807) is 0 Å². The molecule has 0 saturated carbocycles. The zero-order valence-electron chi connectivity index (χ0n) is 12.6. The van der Waals surface area contributed by atoms with Gasteiger partial charge < -0.3 is 5.32 Å². The first-order chi connectivity index (χ1) is 11.4. The number of alkyl halides is 9. The minimum atomic E-state index is -7.12. The highest BCUT2D eigenvalue weighted by Crippen LogP contribution is 2.59. The molecule has 1 aromatic rings. The van der Waals surface area contributed by atoms with Gasteiger partial charge in [-0.25, -0.2) is 4.79 Å². The van der Waals surface area contributed by atoms with Gasteiger partial charge in [0.15, 0.2) is 0 Å². The summed E-state index contributed by atoms with van der Waals surface area (Å²) >= 11 is 0. The number of halogens is 9. The number of nitrogens with one attached hydrogen (secondary N) is 1. The maximum Gasteiger partial charge on any atom is 0.421 e. The Bertz CT molecular complexity index is 793. The Balaban J connectivity index is 3.70. The highest BCUT2D eigenvalue weighted by Gasteiger charge is 2.88. The Labute approximate surface area is 136 Å². The Morgan fingerprint density at radius 2 is 1.23 bits per heavy atom. The van der Waals surface area contributed by atoms with Gasteiger partial charge in [-0.1, -0.05) is 0 Å². The van der Waals surface area contributed by atoms with Crippen LogP contribution in [-0.4, -0.2) is 33.6 Å². The van der Waals surface area contributed by atoms with Crippen LogP contribution in [0.3, 0.4) is 0 Å². The molecule has 0 spiro atoms. The maximum absolute atomic E-state index is 12.8. The monoisotopic (exact) mass is 401 g/mol. The van der Waals surface area contributed by atoms with Crippen molar-refractivity contribution in [1.29, 1.82) is 0 Å². The van der Waals surface area contributed by atoms with Gasteiger partial charge in [-0.3, -0.25) is 18.7 Å². The molecular weight excluding hydrogens is 393 g/mol. The van der Waals surface area contributed by atoms with Crippen molar-refractivity contribution in [2.24, 2.45) is 19.5 Å². The predicted molar refractivity (Wildman–Crippen MR) is 66.2 cm³/mol. The van der Waals surface area contributed by atoms with Crippen LogP contribution >= 0.6 is 0 Å². The third-order valence-electron chi connectivity index (χ3n) is 3.38. The fraction of sp³-hybridized carbons (Fsp3) is 0.545. The number of carbonyl (C=O) groups is 1. The molecule has 0 saturated heterocycles. The smallest absolute Gasteiger partial charge is 0.310 e. The van der Waals surface area contributed by atoms with Gasteiger partial charge in [-0.05, 0) is 0 Å². The van der Waals surface area contributed by atoms with E-state index in [0.717, 1.165) is 12.4 Å². The van der Waals surface area contributed by atoms with Gasteiger partial charge in [-0.15, -0.1) is 0 Å². The summed E-state index contributed by atoms with van der Waals surface area (Å²) in [5.41, 5.74) is -9.38. The quantitative estimate of drug-likeness (QED) is 0.767. The van der Waals surface area contributed by atoms with Crippen LogP contribution in [0.4, 0.5) is 45.3 Å². The fourth-order valence-electron chi connectivity index (χ4n) is 1.93. The molecule has 0 aliphatic carbocycles. The van der Waals surface area contributed by atoms with Crippen molar-refractivity contribution in [3.63, 3.8) is 0 Å². The van der Waals surface area contributed by atoms with Gasteiger partial charge in [0.1, 0.15) is 5.82 Å². The van der Waals surface area contributed by atoms with Crippen LogP contribution in [0.1, 0.15) is 0 Å². The van der Waals surface area contributed by atoms with Crippen molar-refractivity contribution in [3.8, 4) is 0 Å². The lowest BCUT2D eigenvalue weighted by atomic mass is 9.84. The van der Waals surface area contributed by atoms with E-state index in [1.165, 1.54) is 0 Å². The van der Waals surface area contributed by atoms with Crippen molar-refractivity contribution in [2.45, 2.75) is 18.5 Å². The van der Waals surface area contributed by atoms with E-state index in [0.29, 0.717) is 11.6 Å². The van der Waals surface area contributed by atoms with E-state index in [-0.39, 0.29) is 10.6 Å². The Hall–Kier alpha value is -2.48. The third kappa shape index (κ3) is 3.05. The molecule has 1 N–H and O–H groups in total. The minimum absolute atomic E-state index is 0.188. The lowest BCUT2D eigenvalue weighted by Gasteiger charge is -2.36. The number of rotatable bonds is 2. The lowest BCUT2D eigenvalue weighted by molar-refractivity contribution is -0.405. The predicted octanol–water partition coefficient (Wildman–Crippen LogP) is 1.70. The van der Waals surface area contributed by atoms with Crippen molar-refractivity contribution in [1.82, 2.24) is 9.13 Å². The molecule has 0 radical (unpaired) electrons. The van der Waals surface area contributed by atoms with E-state index in [9.17, 15) is 53.9 Å². The first kappa shape index (κ1) is 21.6. The second-order valence-electron chi connectivity index (χ2n) is 4.97. The van der Waals surface area contributed by atoms with Crippen LogP contribution in [-0.2, 0) is 18.9 Å². The van der Waals surface area contributed by atoms with Gasteiger partial charge >= 0.3 is 29.6 Å². The molecule has 26 heavy (non-hydrogen) atoms. The molecule has 1 aromatic heterocycles. The molecule has 1 rings (SSSR count). The number of aromatic nitrogens is 2. The van der Waals surface area contributed by atoms with Crippen LogP contribution in [0.2, 0.25) is 0 Å². The van der Waals surface area contributed by atoms with E-state index in [2.05, 4.69) is 0 Å². The molecule has 15 heteroatoms. The second-order valence-corrected chi connectivity index (χ2v) is 4.97. The van der Waals surface area contributed by atoms with E-state index >= 15 is 0 Å². The molecule has 0 atom stereocenters. The fourth-order valence-corrected chi connectivity index (χ4v) is 1.93. The highest BCUT2D eigenvalue weighted by atomic mass is 19.4. The number of hydrogen-bond acceptors (Lipinski definition) is 3. The summed E-state index contributed by atoms with van der Waals surface area (Å²) in [6.45, 7) is 0. The maximum atomic E-state index is 12.8. The summed E-state index contributed by atoms with van der Waals surface area (Å²) in [6.07, 6.45) is -21.4. The first-order valence-electron chi connectivity index (χ1n) is 6.18. The Morgan fingerprint density at radius 3 is 1.58 bits per heavy atom. The number of hydrogen-bond donors (Lipinski definition) is 1. The second kappa shape index (κ2) is 6.05. The van der Waals surface area contributed by atoms with Gasteiger partial charge in [0.2, 0.25) is 0 Å². The number of carbonyl (C=O) groups excluding carboxylic acids is 1. The molecule has 1 amide bonds. The SMILES string of the molecule is Cn1c(NC(=O)C(C(F)(F)F)(C(F)(F)F)C(F)(F)F)cc(=O)n(C)c1=O. The highest BCUT2D eigenvalue weighted by molar-refractivity contribution is 5.96. The Kier molecular flexibility index (Phi) is 5.02. The summed E-state index contributed by atoms with van der Waals surface area (Å²) in [4.78, 5) is 34.4. The van der Waals surface area contributed by atoms with Crippen molar-refractivity contribution >= 4 is 11.7 Å².